The first-order valence-electron chi connectivity index (χ1n) is 7.60. The van der Waals surface area contributed by atoms with Gasteiger partial charge in [-0.05, 0) is 36.1 Å². The van der Waals surface area contributed by atoms with Crippen LogP contribution in [-0.2, 0) is 0 Å². The lowest BCUT2D eigenvalue weighted by Crippen LogP contribution is -2.01. The molecule has 4 heterocycles. The Morgan fingerprint density at radius 2 is 2.08 bits per heavy atom. The molecule has 0 aliphatic rings. The third kappa shape index (κ3) is 2.24. The van der Waals surface area contributed by atoms with Crippen LogP contribution in [0, 0.1) is 6.92 Å². The van der Waals surface area contributed by atoms with E-state index in [0.29, 0.717) is 10.8 Å². The standard InChI is InChI=1S/C17H11ClN6S/c1-10-4-5-11(18)7-13(10)24-16-12(8-20-24)17-21-15(14-3-2-6-25-14)22-23(17)9-19-16/h2-9H,1H3. The maximum Gasteiger partial charge on any atom is 0.192 e. The molecule has 8 heteroatoms. The van der Waals surface area contributed by atoms with Crippen LogP contribution in [-0.4, -0.2) is 29.4 Å². The Balaban J connectivity index is 1.76. The van der Waals surface area contributed by atoms with Gasteiger partial charge < -0.3 is 0 Å². The molecule has 0 radical (unpaired) electrons. The minimum absolute atomic E-state index is 0.660. The van der Waals surface area contributed by atoms with Gasteiger partial charge in [0.2, 0.25) is 0 Å². The first kappa shape index (κ1) is 14.6. The van der Waals surface area contributed by atoms with Gasteiger partial charge in [0.15, 0.2) is 17.1 Å². The molecule has 0 unspecified atom stereocenters. The molecule has 0 saturated heterocycles. The predicted octanol–water partition coefficient (Wildman–Crippen LogP) is 4.15. The molecule has 0 saturated carbocycles. The maximum absolute atomic E-state index is 6.15. The van der Waals surface area contributed by atoms with E-state index >= 15 is 0 Å². The molecule has 1 aromatic carbocycles. The molecule has 25 heavy (non-hydrogen) atoms. The summed E-state index contributed by atoms with van der Waals surface area (Å²) in [4.78, 5) is 10.2. The van der Waals surface area contributed by atoms with Crippen LogP contribution in [0.4, 0.5) is 0 Å². The molecule has 5 rings (SSSR count). The van der Waals surface area contributed by atoms with Crippen LogP contribution in [0.5, 0.6) is 0 Å². The number of aromatic nitrogens is 6. The van der Waals surface area contributed by atoms with Gasteiger partial charge in [-0.3, -0.25) is 0 Å². The van der Waals surface area contributed by atoms with Crippen molar-refractivity contribution >= 4 is 39.6 Å². The van der Waals surface area contributed by atoms with Crippen molar-refractivity contribution in [1.29, 1.82) is 0 Å². The number of hydrogen-bond acceptors (Lipinski definition) is 5. The van der Waals surface area contributed by atoms with Crippen molar-refractivity contribution in [3.63, 3.8) is 0 Å². The van der Waals surface area contributed by atoms with Gasteiger partial charge in [0.05, 0.1) is 22.1 Å². The van der Waals surface area contributed by atoms with Crippen molar-refractivity contribution in [3.05, 3.63) is 58.8 Å². The lowest BCUT2D eigenvalue weighted by Gasteiger charge is -2.07. The Morgan fingerprint density at radius 3 is 2.92 bits per heavy atom. The Bertz CT molecular complexity index is 1220. The molecule has 0 amide bonds. The zero-order valence-electron chi connectivity index (χ0n) is 13.1. The molecule has 6 nitrogen and oxygen atoms in total. The molecule has 0 N–H and O–H groups in total. The molecule has 4 aromatic heterocycles. The molecule has 0 spiro atoms. The summed E-state index contributed by atoms with van der Waals surface area (Å²) in [6, 6.07) is 9.71. The zero-order valence-corrected chi connectivity index (χ0v) is 14.7. The number of aryl methyl sites for hydroxylation is 1. The number of fused-ring (bicyclic) bond motifs is 3. The summed E-state index contributed by atoms with van der Waals surface area (Å²) in [6.07, 6.45) is 3.44. The predicted molar refractivity (Wildman–Crippen MR) is 98.5 cm³/mol. The highest BCUT2D eigenvalue weighted by Crippen LogP contribution is 2.26. The van der Waals surface area contributed by atoms with Crippen LogP contribution in [0.1, 0.15) is 5.56 Å². The van der Waals surface area contributed by atoms with Crippen molar-refractivity contribution in [2.24, 2.45) is 0 Å². The van der Waals surface area contributed by atoms with Gasteiger partial charge in [-0.15, -0.1) is 16.4 Å². The summed E-state index contributed by atoms with van der Waals surface area (Å²) < 4.78 is 3.48. The Kier molecular flexibility index (Phi) is 3.13. The fraction of sp³-hybridized carbons (Fsp3) is 0.0588. The topological polar surface area (TPSA) is 60.9 Å². The first-order chi connectivity index (χ1) is 12.2. The van der Waals surface area contributed by atoms with E-state index in [1.54, 1.807) is 33.1 Å². The third-order valence-electron chi connectivity index (χ3n) is 4.05. The minimum Gasteiger partial charge on any atom is -0.216 e. The number of benzene rings is 1. The van der Waals surface area contributed by atoms with Crippen molar-refractivity contribution in [2.75, 3.05) is 0 Å². The quantitative estimate of drug-likeness (QED) is 0.470. The molecule has 0 aliphatic carbocycles. The Hall–Kier alpha value is -2.77. The molecule has 0 fully saturated rings. The van der Waals surface area contributed by atoms with Gasteiger partial charge in [-0.25, -0.2) is 19.2 Å². The largest absolute Gasteiger partial charge is 0.216 e. The molecule has 0 atom stereocenters. The van der Waals surface area contributed by atoms with E-state index in [9.17, 15) is 0 Å². The van der Waals surface area contributed by atoms with E-state index < -0.39 is 0 Å². The third-order valence-corrected chi connectivity index (χ3v) is 5.15. The fourth-order valence-corrected chi connectivity index (χ4v) is 3.64. The molecular formula is C17H11ClN6S. The van der Waals surface area contributed by atoms with Crippen LogP contribution < -0.4 is 0 Å². The Morgan fingerprint density at radius 1 is 1.16 bits per heavy atom. The zero-order chi connectivity index (χ0) is 17.0. The normalized spacial score (nSPS) is 11.6. The van der Waals surface area contributed by atoms with Crippen molar-refractivity contribution in [3.8, 4) is 16.4 Å². The number of hydrogen-bond donors (Lipinski definition) is 0. The summed E-state index contributed by atoms with van der Waals surface area (Å²) >= 11 is 7.76. The summed E-state index contributed by atoms with van der Waals surface area (Å²) in [7, 11) is 0. The van der Waals surface area contributed by atoms with Crippen LogP contribution in [0.25, 0.3) is 33.1 Å². The molecular weight excluding hydrogens is 356 g/mol. The molecule has 122 valence electrons. The molecule has 0 aliphatic heterocycles. The molecule has 0 bridgehead atoms. The van der Waals surface area contributed by atoms with Crippen molar-refractivity contribution in [1.82, 2.24) is 29.4 Å². The second-order valence-electron chi connectivity index (χ2n) is 5.65. The summed E-state index contributed by atoms with van der Waals surface area (Å²) in [5, 5.41) is 12.5. The first-order valence-corrected chi connectivity index (χ1v) is 8.86. The molecule has 5 aromatic rings. The highest BCUT2D eigenvalue weighted by atomic mass is 35.5. The number of nitrogens with zero attached hydrogens (tertiary/aromatic N) is 6. The van der Waals surface area contributed by atoms with E-state index in [0.717, 1.165) is 32.8 Å². The second kappa shape index (κ2) is 5.37. The average molecular weight is 367 g/mol. The van der Waals surface area contributed by atoms with Gasteiger partial charge >= 0.3 is 0 Å². The summed E-state index contributed by atoms with van der Waals surface area (Å²) in [5.41, 5.74) is 3.43. The maximum atomic E-state index is 6.15. The van der Waals surface area contributed by atoms with Crippen molar-refractivity contribution < 1.29 is 0 Å². The van der Waals surface area contributed by atoms with E-state index in [4.69, 9.17) is 11.6 Å². The highest BCUT2D eigenvalue weighted by molar-refractivity contribution is 7.13. The number of halogens is 1. The summed E-state index contributed by atoms with van der Waals surface area (Å²) in [5.74, 6) is 0.691. The van der Waals surface area contributed by atoms with E-state index in [1.165, 1.54) is 0 Å². The average Bonchev–Trinajstić information content (AvgIpc) is 3.34. The fourth-order valence-electron chi connectivity index (χ4n) is 2.82. The van der Waals surface area contributed by atoms with Crippen LogP contribution in [0.3, 0.4) is 0 Å². The van der Waals surface area contributed by atoms with Gasteiger partial charge in [0.25, 0.3) is 0 Å². The van der Waals surface area contributed by atoms with E-state index in [-0.39, 0.29) is 0 Å². The minimum atomic E-state index is 0.660. The highest BCUT2D eigenvalue weighted by Gasteiger charge is 2.15. The SMILES string of the molecule is Cc1ccc(Cl)cc1-n1ncc2c1ncn1nc(-c3cccs3)nc21. The van der Waals surface area contributed by atoms with Crippen LogP contribution >= 0.6 is 22.9 Å². The second-order valence-corrected chi connectivity index (χ2v) is 7.03. The lowest BCUT2D eigenvalue weighted by molar-refractivity contribution is 0.877. The van der Waals surface area contributed by atoms with E-state index in [1.807, 2.05) is 42.6 Å². The number of rotatable bonds is 2. The van der Waals surface area contributed by atoms with E-state index in [2.05, 4.69) is 20.2 Å². The monoisotopic (exact) mass is 366 g/mol. The number of thiophene rings is 1. The van der Waals surface area contributed by atoms with Gasteiger partial charge in [-0.1, -0.05) is 23.7 Å². The van der Waals surface area contributed by atoms with Gasteiger partial charge in [0.1, 0.15) is 6.33 Å². The van der Waals surface area contributed by atoms with Crippen molar-refractivity contribution in [2.45, 2.75) is 6.92 Å². The smallest absolute Gasteiger partial charge is 0.192 e. The van der Waals surface area contributed by atoms with Gasteiger partial charge in [-0.2, -0.15) is 5.10 Å². The lowest BCUT2D eigenvalue weighted by atomic mass is 10.2. The van der Waals surface area contributed by atoms with Crippen LogP contribution in [0.15, 0.2) is 48.2 Å². The van der Waals surface area contributed by atoms with Crippen LogP contribution in [0.2, 0.25) is 5.02 Å². The Labute approximate surface area is 151 Å². The van der Waals surface area contributed by atoms with Gasteiger partial charge in [0, 0.05) is 5.02 Å². The summed E-state index contributed by atoms with van der Waals surface area (Å²) in [6.45, 7) is 2.02.